The maximum atomic E-state index is 11.4. The van der Waals surface area contributed by atoms with Gasteiger partial charge in [-0.3, -0.25) is 0 Å². The number of amides is 1. The van der Waals surface area contributed by atoms with Gasteiger partial charge in [0.25, 0.3) is 0 Å². The van der Waals surface area contributed by atoms with Crippen LogP contribution in [-0.4, -0.2) is 25.3 Å². The molecule has 0 aliphatic carbocycles. The van der Waals surface area contributed by atoms with Gasteiger partial charge in [0.2, 0.25) is 0 Å². The smallest absolute Gasteiger partial charge is 0.408 e. The molecule has 0 unspecified atom stereocenters. The van der Waals surface area contributed by atoms with E-state index >= 15 is 0 Å². The van der Waals surface area contributed by atoms with E-state index in [4.69, 9.17) is 15.2 Å². The summed E-state index contributed by atoms with van der Waals surface area (Å²) < 4.78 is 10.1. The lowest BCUT2D eigenvalue weighted by Gasteiger charge is -2.19. The summed E-state index contributed by atoms with van der Waals surface area (Å²) in [6.45, 7) is 5.60. The molecule has 0 spiro atoms. The Morgan fingerprint density at radius 2 is 2.10 bits per heavy atom. The van der Waals surface area contributed by atoms with Crippen molar-refractivity contribution in [2.24, 2.45) is 0 Å². The maximum absolute atomic E-state index is 11.4. The van der Waals surface area contributed by atoms with Crippen LogP contribution in [0.2, 0.25) is 0 Å². The van der Waals surface area contributed by atoms with Crippen LogP contribution in [0.3, 0.4) is 0 Å². The lowest BCUT2D eigenvalue weighted by atomic mass is 10.2. The first kappa shape index (κ1) is 15.7. The summed E-state index contributed by atoms with van der Waals surface area (Å²) in [6.07, 6.45) is -0.491. The number of hydrogen-bond acceptors (Lipinski definition) is 4. The average Bonchev–Trinajstić information content (AvgIpc) is 2.33. The third-order valence-corrected chi connectivity index (χ3v) is 2.20. The van der Waals surface area contributed by atoms with Crippen molar-refractivity contribution < 1.29 is 14.3 Å². The van der Waals surface area contributed by atoms with E-state index in [1.807, 2.05) is 0 Å². The molecule has 1 aromatic rings. The largest absolute Gasteiger partial charge is 0.497 e. The minimum atomic E-state index is -0.516. The summed E-state index contributed by atoms with van der Waals surface area (Å²) in [5, 5.41) is 2.55. The topological polar surface area (TPSA) is 73.6 Å². The van der Waals surface area contributed by atoms with Crippen molar-refractivity contribution in [2.75, 3.05) is 19.4 Å². The molecular formula is C15H20N2O3. The zero-order valence-corrected chi connectivity index (χ0v) is 12.2. The Morgan fingerprint density at radius 1 is 1.40 bits per heavy atom. The summed E-state index contributed by atoms with van der Waals surface area (Å²) in [5.74, 6) is 6.38. The van der Waals surface area contributed by atoms with Crippen LogP contribution in [0.1, 0.15) is 26.3 Å². The fourth-order valence-corrected chi connectivity index (χ4v) is 1.35. The van der Waals surface area contributed by atoms with Gasteiger partial charge in [0, 0.05) is 11.6 Å². The Morgan fingerprint density at radius 3 is 2.65 bits per heavy atom. The van der Waals surface area contributed by atoms with Gasteiger partial charge in [-0.1, -0.05) is 11.8 Å². The number of alkyl carbamates (subject to hydrolysis) is 1. The highest BCUT2D eigenvalue weighted by Gasteiger charge is 2.14. The fraction of sp³-hybridized carbons (Fsp3) is 0.400. The lowest BCUT2D eigenvalue weighted by Crippen LogP contribution is -2.32. The number of benzene rings is 1. The summed E-state index contributed by atoms with van der Waals surface area (Å²) >= 11 is 0. The van der Waals surface area contributed by atoms with E-state index in [1.165, 1.54) is 0 Å². The molecule has 5 heteroatoms. The van der Waals surface area contributed by atoms with E-state index in [-0.39, 0.29) is 6.54 Å². The molecule has 0 aromatic heterocycles. The molecule has 108 valence electrons. The number of methoxy groups -OCH3 is 1. The third-order valence-electron chi connectivity index (χ3n) is 2.20. The SMILES string of the molecule is COc1ccc(C#CCNC(=O)OC(C)(C)C)c(N)c1. The molecule has 0 fully saturated rings. The molecule has 20 heavy (non-hydrogen) atoms. The van der Waals surface area contributed by atoms with Crippen LogP contribution in [0.15, 0.2) is 18.2 Å². The lowest BCUT2D eigenvalue weighted by molar-refractivity contribution is 0.0535. The number of nitrogens with one attached hydrogen (secondary N) is 1. The zero-order valence-electron chi connectivity index (χ0n) is 12.2. The number of carbonyl (C=O) groups is 1. The van der Waals surface area contributed by atoms with Crippen molar-refractivity contribution in [1.82, 2.24) is 5.32 Å². The maximum Gasteiger partial charge on any atom is 0.408 e. The summed E-state index contributed by atoms with van der Waals surface area (Å²) in [6, 6.07) is 5.25. The normalized spacial score (nSPS) is 10.2. The van der Waals surface area contributed by atoms with Crippen LogP contribution in [0.4, 0.5) is 10.5 Å². The van der Waals surface area contributed by atoms with Crippen molar-refractivity contribution in [3.8, 4) is 17.6 Å². The van der Waals surface area contributed by atoms with Crippen LogP contribution in [0, 0.1) is 11.8 Å². The zero-order chi connectivity index (χ0) is 15.2. The molecule has 0 radical (unpaired) electrons. The van der Waals surface area contributed by atoms with Crippen molar-refractivity contribution in [3.63, 3.8) is 0 Å². The third kappa shape index (κ3) is 5.53. The molecule has 0 bridgehead atoms. The molecule has 1 amide bonds. The molecule has 5 nitrogen and oxygen atoms in total. The first-order valence-corrected chi connectivity index (χ1v) is 6.21. The van der Waals surface area contributed by atoms with E-state index in [0.717, 1.165) is 0 Å². The van der Waals surface area contributed by atoms with Gasteiger partial charge in [0.1, 0.15) is 11.4 Å². The predicted octanol–water partition coefficient (Wildman–Crippen LogP) is 2.15. The Hall–Kier alpha value is -2.35. The number of carbonyl (C=O) groups excluding carboxylic acids is 1. The van der Waals surface area contributed by atoms with Gasteiger partial charge in [-0.05, 0) is 32.9 Å². The first-order valence-electron chi connectivity index (χ1n) is 6.21. The highest BCUT2D eigenvalue weighted by atomic mass is 16.6. The van der Waals surface area contributed by atoms with Crippen molar-refractivity contribution in [3.05, 3.63) is 23.8 Å². The molecular weight excluding hydrogens is 256 g/mol. The van der Waals surface area contributed by atoms with E-state index in [9.17, 15) is 4.79 Å². The van der Waals surface area contributed by atoms with E-state index in [0.29, 0.717) is 17.0 Å². The Balaban J connectivity index is 2.53. The van der Waals surface area contributed by atoms with Gasteiger partial charge in [-0.15, -0.1) is 0 Å². The molecule has 0 aliphatic rings. The number of rotatable bonds is 2. The molecule has 0 saturated heterocycles. The second-order valence-electron chi connectivity index (χ2n) is 5.11. The second-order valence-corrected chi connectivity index (χ2v) is 5.11. The number of nitrogens with two attached hydrogens (primary N) is 1. The van der Waals surface area contributed by atoms with Gasteiger partial charge >= 0.3 is 6.09 Å². The number of anilines is 1. The van der Waals surface area contributed by atoms with Crippen LogP contribution >= 0.6 is 0 Å². The molecule has 1 aromatic carbocycles. The summed E-state index contributed by atoms with van der Waals surface area (Å²) in [7, 11) is 1.57. The molecule has 1 rings (SSSR count). The van der Waals surface area contributed by atoms with Crippen LogP contribution < -0.4 is 15.8 Å². The van der Waals surface area contributed by atoms with Gasteiger partial charge in [0.15, 0.2) is 0 Å². The van der Waals surface area contributed by atoms with Gasteiger partial charge in [0.05, 0.1) is 19.3 Å². The van der Waals surface area contributed by atoms with E-state index < -0.39 is 11.7 Å². The fourth-order valence-electron chi connectivity index (χ4n) is 1.35. The average molecular weight is 276 g/mol. The highest BCUT2D eigenvalue weighted by Crippen LogP contribution is 2.18. The Bertz CT molecular complexity index is 536. The van der Waals surface area contributed by atoms with Crippen molar-refractivity contribution in [1.29, 1.82) is 0 Å². The summed E-state index contributed by atoms with van der Waals surface area (Å²) in [5.41, 5.74) is 6.54. The Labute approximate surface area is 119 Å². The molecule has 3 N–H and O–H groups in total. The molecule has 0 saturated carbocycles. The Kier molecular flexibility index (Phi) is 5.27. The van der Waals surface area contributed by atoms with E-state index in [1.54, 1.807) is 46.1 Å². The van der Waals surface area contributed by atoms with Gasteiger partial charge in [-0.25, -0.2) is 4.79 Å². The summed E-state index contributed by atoms with van der Waals surface area (Å²) in [4.78, 5) is 11.4. The molecule has 0 atom stereocenters. The molecule has 0 aliphatic heterocycles. The van der Waals surface area contributed by atoms with Gasteiger partial charge in [-0.2, -0.15) is 0 Å². The number of ether oxygens (including phenoxy) is 2. The minimum Gasteiger partial charge on any atom is -0.497 e. The number of hydrogen-bond donors (Lipinski definition) is 2. The van der Waals surface area contributed by atoms with Crippen LogP contribution in [0.5, 0.6) is 5.75 Å². The monoisotopic (exact) mass is 276 g/mol. The van der Waals surface area contributed by atoms with E-state index in [2.05, 4.69) is 17.2 Å². The molecule has 0 heterocycles. The minimum absolute atomic E-state index is 0.195. The second kappa shape index (κ2) is 6.71. The first-order chi connectivity index (χ1) is 9.31. The predicted molar refractivity (Wildman–Crippen MR) is 78.5 cm³/mol. The van der Waals surface area contributed by atoms with Crippen LogP contribution in [-0.2, 0) is 4.74 Å². The highest BCUT2D eigenvalue weighted by molar-refractivity contribution is 5.68. The standard InChI is InChI=1S/C15H20N2O3/c1-15(2,3)20-14(18)17-9-5-6-11-7-8-12(19-4)10-13(11)16/h7-8,10H,9,16H2,1-4H3,(H,17,18). The van der Waals surface area contributed by atoms with Crippen molar-refractivity contribution in [2.45, 2.75) is 26.4 Å². The quantitative estimate of drug-likeness (QED) is 0.641. The van der Waals surface area contributed by atoms with Gasteiger partial charge < -0.3 is 20.5 Å². The number of nitrogen functional groups attached to an aromatic ring is 1. The van der Waals surface area contributed by atoms with Crippen LogP contribution in [0.25, 0.3) is 0 Å². The van der Waals surface area contributed by atoms with Crippen molar-refractivity contribution >= 4 is 11.8 Å².